The molecule has 2 aromatic carbocycles. The highest BCUT2D eigenvalue weighted by Gasteiger charge is 2.61. The first kappa shape index (κ1) is 35.1. The lowest BCUT2D eigenvalue weighted by Crippen LogP contribution is -2.54. The second-order valence-corrected chi connectivity index (χ2v) is 14.6. The number of nitrogens with one attached hydrogen (secondary N) is 4. The van der Waals surface area contributed by atoms with Crippen molar-refractivity contribution in [2.24, 2.45) is 17.8 Å². The number of carbonyl (C=O) groups excluding carboxylic acids is 3. The molecule has 0 saturated heterocycles. The van der Waals surface area contributed by atoms with E-state index in [1.165, 1.54) is 13.4 Å². The molecule has 3 aromatic rings. The second-order valence-electron chi connectivity index (χ2n) is 14.6. The third kappa shape index (κ3) is 5.96. The molecule has 1 aromatic heterocycles. The van der Waals surface area contributed by atoms with Crippen molar-refractivity contribution >= 4 is 29.2 Å². The molecule has 4 aliphatic heterocycles. The molecule has 3 amide bonds. The van der Waals surface area contributed by atoms with Crippen molar-refractivity contribution in [2.75, 3.05) is 12.4 Å². The van der Waals surface area contributed by atoms with E-state index in [1.807, 2.05) is 56.3 Å². The van der Waals surface area contributed by atoms with Crippen LogP contribution in [0, 0.1) is 17.8 Å². The molecule has 13 nitrogen and oxygen atoms in total. The van der Waals surface area contributed by atoms with E-state index in [4.69, 9.17) is 23.6 Å². The predicted octanol–water partition coefficient (Wildman–Crippen LogP) is 4.51. The number of methoxy groups -OCH3 is 1. The highest BCUT2D eigenvalue weighted by molar-refractivity contribution is 5.90. The quantitative estimate of drug-likeness (QED) is 0.235. The van der Waals surface area contributed by atoms with E-state index in [9.17, 15) is 19.5 Å². The van der Waals surface area contributed by atoms with Gasteiger partial charge < -0.3 is 45.0 Å². The lowest BCUT2D eigenvalue weighted by molar-refractivity contribution is -0.135. The second kappa shape index (κ2) is 13.7. The lowest BCUT2D eigenvalue weighted by Gasteiger charge is -2.36. The Morgan fingerprint density at radius 1 is 1.12 bits per heavy atom. The number of anilines is 1. The Labute approximate surface area is 302 Å². The van der Waals surface area contributed by atoms with Crippen molar-refractivity contribution in [3.05, 3.63) is 94.6 Å². The molecule has 5 heterocycles. The van der Waals surface area contributed by atoms with Gasteiger partial charge in [0.25, 0.3) is 0 Å². The fraction of sp³-hybridized carbons (Fsp3) is 0.436. The van der Waals surface area contributed by atoms with Gasteiger partial charge in [-0.25, -0.2) is 9.78 Å². The molecular formula is C39H45N5O8. The molecule has 4 bridgehead atoms. The molecule has 0 saturated carbocycles. The van der Waals surface area contributed by atoms with Crippen molar-refractivity contribution in [3.63, 3.8) is 0 Å². The minimum Gasteiger partial charge on any atom is -0.469 e. The zero-order valence-electron chi connectivity index (χ0n) is 30.1. The number of aromatic nitrogens is 1. The summed E-state index contributed by atoms with van der Waals surface area (Å²) in [6.07, 6.45) is 1.71. The Balaban J connectivity index is 1.46. The number of hydrogen-bond acceptors (Lipinski definition) is 10. The Morgan fingerprint density at radius 3 is 2.65 bits per heavy atom. The zero-order valence-corrected chi connectivity index (χ0v) is 30.1. The summed E-state index contributed by atoms with van der Waals surface area (Å²) in [5.74, 6) is 0.421. The minimum atomic E-state index is -1.28. The third-order valence-corrected chi connectivity index (χ3v) is 10.4. The maximum absolute atomic E-state index is 14.2. The molecular weight excluding hydrogens is 666 g/mol. The van der Waals surface area contributed by atoms with Gasteiger partial charge in [0.05, 0.1) is 31.0 Å². The number of rotatable bonds is 7. The monoisotopic (exact) mass is 711 g/mol. The van der Waals surface area contributed by atoms with Crippen LogP contribution in [-0.4, -0.2) is 59.5 Å². The maximum Gasteiger partial charge on any atom is 0.407 e. The Bertz CT molecular complexity index is 1970. The maximum atomic E-state index is 14.2. The Morgan fingerprint density at radius 2 is 1.90 bits per heavy atom. The van der Waals surface area contributed by atoms with Crippen LogP contribution in [0.15, 0.2) is 70.7 Å². The standard InChI is InChI=1S/C39H45N5O8/c1-19(2)31-29-13-11-21(5)30(36-41-23(18-50-36)17-40-38(48)49-6)33(51-29)39-24-9-7-8-10-26(24)43-37(39)52-28-14-12-22(15-25(28)39)16-27(34(46)44-31)42-35(47)32(45)20(3)4/h7-10,12-15,18-21,27,31-32,37,43,45H,11,16-17H2,1-6H3,(H,40,48)(H,42,47)(H,44,46). The van der Waals surface area contributed by atoms with Gasteiger partial charge in [-0.05, 0) is 53.5 Å². The number of carbonyl (C=O) groups is 3. The topological polar surface area (TPSA) is 173 Å². The fourth-order valence-electron chi connectivity index (χ4n) is 7.57. The number of ether oxygens (including phenoxy) is 3. The highest BCUT2D eigenvalue weighted by atomic mass is 16.5. The van der Waals surface area contributed by atoms with E-state index < -0.39 is 47.7 Å². The Kier molecular flexibility index (Phi) is 9.24. The molecule has 274 valence electrons. The molecule has 6 atom stereocenters. The number of nitrogens with zero attached hydrogens (tertiary/aromatic N) is 1. The highest BCUT2D eigenvalue weighted by Crippen LogP contribution is 2.60. The van der Waals surface area contributed by atoms with Crippen molar-refractivity contribution < 1.29 is 38.1 Å². The normalized spacial score (nSPS) is 25.2. The predicted molar refractivity (Wildman–Crippen MR) is 191 cm³/mol. The van der Waals surface area contributed by atoms with Gasteiger partial charge in [0.2, 0.25) is 17.7 Å². The number of aliphatic hydroxyl groups excluding tert-OH is 1. The van der Waals surface area contributed by atoms with Gasteiger partial charge in [0.15, 0.2) is 6.23 Å². The Hall–Kier alpha value is -5.30. The van der Waals surface area contributed by atoms with E-state index in [0.717, 1.165) is 28.0 Å². The number of allylic oxidation sites excluding steroid dienone is 2. The van der Waals surface area contributed by atoms with Crippen LogP contribution in [-0.2, 0) is 37.4 Å². The molecule has 0 fully saturated rings. The van der Waals surface area contributed by atoms with Crippen molar-refractivity contribution in [1.82, 2.24) is 20.9 Å². The first-order valence-electron chi connectivity index (χ1n) is 17.8. The number of oxazole rings is 1. The SMILES string of the molecule is COC(=O)NCc1coc(C2=C3OC(=CCC2C)C(C(C)C)NC(=O)C(NC(=O)C(O)C(C)C)Cc2ccc4c(c2)C32c3ccccc3NC2O4)n1. The first-order valence-corrected chi connectivity index (χ1v) is 17.8. The first-order chi connectivity index (χ1) is 24.9. The molecule has 5 N–H and O–H groups in total. The summed E-state index contributed by atoms with van der Waals surface area (Å²) in [5, 5.41) is 22.9. The summed E-state index contributed by atoms with van der Waals surface area (Å²) in [4.78, 5) is 44.1. The van der Waals surface area contributed by atoms with E-state index in [2.05, 4.69) is 34.3 Å². The van der Waals surface area contributed by atoms with Gasteiger partial charge in [0, 0.05) is 17.7 Å². The van der Waals surface area contributed by atoms with Crippen molar-refractivity contribution in [2.45, 2.75) is 83.8 Å². The van der Waals surface area contributed by atoms with Gasteiger partial charge in [-0.15, -0.1) is 0 Å². The number of amides is 3. The average Bonchev–Trinajstić information content (AvgIpc) is 3.77. The summed E-state index contributed by atoms with van der Waals surface area (Å²) in [5.41, 5.74) is 3.60. The molecule has 52 heavy (non-hydrogen) atoms. The number of benzene rings is 2. The molecule has 1 spiro atoms. The van der Waals surface area contributed by atoms with Crippen LogP contribution in [0.5, 0.6) is 5.75 Å². The number of fused-ring (bicyclic) bond motifs is 4. The molecule has 7 rings (SSSR count). The molecule has 0 radical (unpaired) electrons. The molecule has 6 unspecified atom stereocenters. The summed E-state index contributed by atoms with van der Waals surface area (Å²) >= 11 is 0. The summed E-state index contributed by atoms with van der Waals surface area (Å²) in [6.45, 7) is 9.66. The number of hydrogen-bond donors (Lipinski definition) is 5. The van der Waals surface area contributed by atoms with Gasteiger partial charge >= 0.3 is 6.09 Å². The minimum absolute atomic E-state index is 0.0956. The van der Waals surface area contributed by atoms with E-state index in [-0.39, 0.29) is 30.7 Å². The van der Waals surface area contributed by atoms with Gasteiger partial charge in [-0.3, -0.25) is 9.59 Å². The summed E-state index contributed by atoms with van der Waals surface area (Å²) < 4.78 is 24.9. The van der Waals surface area contributed by atoms with Gasteiger partial charge in [-0.1, -0.05) is 65.0 Å². The van der Waals surface area contributed by atoms with Crippen LogP contribution < -0.4 is 26.0 Å². The van der Waals surface area contributed by atoms with Crippen LogP contribution in [0.4, 0.5) is 10.5 Å². The third-order valence-electron chi connectivity index (χ3n) is 10.4. The number of alkyl carbamates (subject to hydrolysis) is 1. The molecule has 4 aliphatic rings. The van der Waals surface area contributed by atoms with Crippen molar-refractivity contribution in [3.8, 4) is 5.75 Å². The zero-order chi connectivity index (χ0) is 36.9. The van der Waals surface area contributed by atoms with Crippen LogP contribution in [0.25, 0.3) is 5.57 Å². The van der Waals surface area contributed by atoms with E-state index in [0.29, 0.717) is 35.3 Å². The molecule has 0 aliphatic carbocycles. The lowest BCUT2D eigenvalue weighted by atomic mass is 9.71. The van der Waals surface area contributed by atoms with Crippen molar-refractivity contribution in [1.29, 1.82) is 0 Å². The van der Waals surface area contributed by atoms with Crippen LogP contribution >= 0.6 is 0 Å². The van der Waals surface area contributed by atoms with Gasteiger partial charge in [0.1, 0.15) is 41.1 Å². The van der Waals surface area contributed by atoms with Crippen LogP contribution in [0.2, 0.25) is 0 Å². The average molecular weight is 712 g/mol. The van der Waals surface area contributed by atoms with E-state index >= 15 is 0 Å². The van der Waals surface area contributed by atoms with Crippen LogP contribution in [0.3, 0.4) is 0 Å². The smallest absolute Gasteiger partial charge is 0.407 e. The summed E-state index contributed by atoms with van der Waals surface area (Å²) in [6, 6.07) is 12.2. The van der Waals surface area contributed by atoms with Crippen LogP contribution in [0.1, 0.15) is 69.3 Å². The largest absolute Gasteiger partial charge is 0.469 e. The fourth-order valence-corrected chi connectivity index (χ4v) is 7.57. The number of aliphatic hydroxyl groups is 1. The van der Waals surface area contributed by atoms with E-state index in [1.54, 1.807) is 13.8 Å². The molecule has 13 heteroatoms. The van der Waals surface area contributed by atoms with Gasteiger partial charge in [-0.2, -0.15) is 0 Å². The summed E-state index contributed by atoms with van der Waals surface area (Å²) in [7, 11) is 1.30. The number of para-hydroxylation sites is 1.